The van der Waals surface area contributed by atoms with Crippen LogP contribution in [0.15, 0.2) is 33.9 Å². The second-order valence-electron chi connectivity index (χ2n) is 4.86. The number of thiophene rings is 1. The van der Waals surface area contributed by atoms with Gasteiger partial charge in [-0.3, -0.25) is 9.36 Å². The minimum atomic E-state index is -0.430. The van der Waals surface area contributed by atoms with E-state index in [1.54, 1.807) is 38.3 Å². The lowest BCUT2D eigenvalue weighted by Crippen LogP contribution is -2.33. The maximum atomic E-state index is 12.4. The van der Waals surface area contributed by atoms with Gasteiger partial charge in [0.05, 0.1) is 24.3 Å². The number of rotatable bonds is 3. The van der Waals surface area contributed by atoms with Crippen LogP contribution in [0.4, 0.5) is 0 Å². The zero-order valence-electron chi connectivity index (χ0n) is 12.5. The molecule has 0 unspecified atom stereocenters. The Morgan fingerprint density at radius 1 is 1.35 bits per heavy atom. The number of hydrogen-bond acceptors (Lipinski definition) is 5. The van der Waals surface area contributed by atoms with Gasteiger partial charge in [0.1, 0.15) is 10.4 Å². The van der Waals surface area contributed by atoms with Crippen LogP contribution in [0.1, 0.15) is 12.5 Å². The molecule has 0 saturated carbocycles. The molecule has 3 aromatic rings. The number of nitrogens with one attached hydrogen (secondary N) is 1. The third-order valence-electron chi connectivity index (χ3n) is 3.59. The molecule has 0 aliphatic rings. The van der Waals surface area contributed by atoms with Crippen molar-refractivity contribution in [3.05, 3.63) is 50.7 Å². The van der Waals surface area contributed by atoms with E-state index in [0.29, 0.717) is 33.6 Å². The number of nitrogens with zero attached hydrogens (tertiary/aromatic N) is 2. The molecule has 3 rings (SSSR count). The largest absolute Gasteiger partial charge is 0.497 e. The van der Waals surface area contributed by atoms with Gasteiger partial charge < -0.3 is 9.72 Å². The first-order valence-corrected chi connectivity index (χ1v) is 7.75. The number of aromatic amines is 1. The minimum absolute atomic E-state index is 0.306. The Morgan fingerprint density at radius 3 is 2.78 bits per heavy atom. The quantitative estimate of drug-likeness (QED) is 0.799. The monoisotopic (exact) mass is 327 g/mol. The van der Waals surface area contributed by atoms with Crippen molar-refractivity contribution in [2.24, 2.45) is 0 Å². The molecule has 116 valence electrons. The third-order valence-corrected chi connectivity index (χ3v) is 4.74. The highest BCUT2D eigenvalue weighted by Gasteiger charge is 2.14. The number of benzene rings is 1. The molecule has 1 N–H and O–H groups in total. The Bertz CT molecular complexity index is 1050. The number of nitriles is 1. The summed E-state index contributed by atoms with van der Waals surface area (Å²) in [7, 11) is 1.55. The first kappa shape index (κ1) is 15.1. The summed E-state index contributed by atoms with van der Waals surface area (Å²) in [6, 6.07) is 8.99. The average Bonchev–Trinajstić information content (AvgIpc) is 2.98. The highest BCUT2D eigenvalue weighted by molar-refractivity contribution is 7.22. The smallest absolute Gasteiger partial charge is 0.328 e. The molecular formula is C16H13N3O3S. The van der Waals surface area contributed by atoms with Crippen LogP contribution in [0.3, 0.4) is 0 Å². The molecule has 0 fully saturated rings. The van der Waals surface area contributed by atoms with Crippen LogP contribution in [0, 0.1) is 11.3 Å². The van der Waals surface area contributed by atoms with E-state index in [9.17, 15) is 14.9 Å². The van der Waals surface area contributed by atoms with E-state index in [1.165, 1.54) is 11.3 Å². The fraction of sp³-hybridized carbons (Fsp3) is 0.188. The summed E-state index contributed by atoms with van der Waals surface area (Å²) >= 11 is 1.25. The predicted molar refractivity (Wildman–Crippen MR) is 89.1 cm³/mol. The van der Waals surface area contributed by atoms with E-state index in [2.05, 4.69) is 11.1 Å². The zero-order chi connectivity index (χ0) is 16.6. The number of ether oxygens (including phenoxy) is 1. The molecule has 0 radical (unpaired) electrons. The van der Waals surface area contributed by atoms with Gasteiger partial charge in [0.25, 0.3) is 5.56 Å². The predicted octanol–water partition coefficient (Wildman–Crippen LogP) is 2.32. The van der Waals surface area contributed by atoms with Gasteiger partial charge in [-0.1, -0.05) is 0 Å². The lowest BCUT2D eigenvalue weighted by molar-refractivity contribution is 0.415. The molecule has 6 nitrogen and oxygen atoms in total. The van der Waals surface area contributed by atoms with E-state index < -0.39 is 5.69 Å². The van der Waals surface area contributed by atoms with Crippen LogP contribution in [0.5, 0.6) is 5.75 Å². The Morgan fingerprint density at radius 2 is 2.13 bits per heavy atom. The Hall–Kier alpha value is -2.85. The van der Waals surface area contributed by atoms with E-state index in [0.717, 1.165) is 9.44 Å². The van der Waals surface area contributed by atoms with E-state index >= 15 is 0 Å². The van der Waals surface area contributed by atoms with Crippen molar-refractivity contribution in [1.82, 2.24) is 9.55 Å². The highest BCUT2D eigenvalue weighted by Crippen LogP contribution is 2.34. The number of methoxy groups -OCH3 is 1. The van der Waals surface area contributed by atoms with Gasteiger partial charge in [0.2, 0.25) is 0 Å². The summed E-state index contributed by atoms with van der Waals surface area (Å²) in [5.74, 6) is 0.621. The van der Waals surface area contributed by atoms with Gasteiger partial charge >= 0.3 is 5.69 Å². The third kappa shape index (κ3) is 2.43. The fourth-order valence-corrected chi connectivity index (χ4v) is 3.50. The van der Waals surface area contributed by atoms with Crippen LogP contribution in [-0.2, 0) is 6.54 Å². The molecule has 23 heavy (non-hydrogen) atoms. The number of aromatic nitrogens is 2. The molecule has 2 heterocycles. The minimum Gasteiger partial charge on any atom is -0.497 e. The standard InChI is InChI=1S/C16H13N3O3S/c1-3-19-15(20)14-12(18-16(19)21)7-13(23-14)11-6-10(22-2)5-4-9(11)8-17/h4-7H,3H2,1-2H3,(H,18,21). The Balaban J connectivity index is 2.31. The SMILES string of the molecule is CCn1c(=O)[nH]c2cc(-c3cc(OC)ccc3C#N)sc2c1=O. The number of fused-ring (bicyclic) bond motifs is 1. The maximum Gasteiger partial charge on any atom is 0.328 e. The van der Waals surface area contributed by atoms with Crippen molar-refractivity contribution in [3.8, 4) is 22.3 Å². The van der Waals surface area contributed by atoms with Crippen molar-refractivity contribution in [2.45, 2.75) is 13.5 Å². The van der Waals surface area contributed by atoms with Crippen molar-refractivity contribution in [3.63, 3.8) is 0 Å². The van der Waals surface area contributed by atoms with E-state index in [-0.39, 0.29) is 5.56 Å². The molecule has 7 heteroatoms. The summed E-state index contributed by atoms with van der Waals surface area (Å²) in [6.45, 7) is 2.05. The molecule has 0 aliphatic carbocycles. The van der Waals surface area contributed by atoms with Crippen molar-refractivity contribution in [2.75, 3.05) is 7.11 Å². The second kappa shape index (κ2) is 5.74. The normalized spacial score (nSPS) is 10.7. The molecule has 0 bridgehead atoms. The van der Waals surface area contributed by atoms with Gasteiger partial charge in [-0.15, -0.1) is 11.3 Å². The summed E-state index contributed by atoms with van der Waals surface area (Å²) in [5.41, 5.74) is 0.896. The highest BCUT2D eigenvalue weighted by atomic mass is 32.1. The molecule has 0 amide bonds. The molecule has 1 aromatic carbocycles. The average molecular weight is 327 g/mol. The van der Waals surface area contributed by atoms with Crippen molar-refractivity contribution in [1.29, 1.82) is 5.26 Å². The first-order valence-electron chi connectivity index (χ1n) is 6.94. The summed E-state index contributed by atoms with van der Waals surface area (Å²) in [6.07, 6.45) is 0. The molecule has 0 atom stereocenters. The van der Waals surface area contributed by atoms with Crippen molar-refractivity contribution >= 4 is 21.6 Å². The number of H-pyrrole nitrogens is 1. The molecule has 0 spiro atoms. The topological polar surface area (TPSA) is 87.9 Å². The van der Waals surface area contributed by atoms with Gasteiger partial charge in [0, 0.05) is 17.0 Å². The lowest BCUT2D eigenvalue weighted by atomic mass is 10.1. The summed E-state index contributed by atoms with van der Waals surface area (Å²) in [5, 5.41) is 9.29. The molecule has 2 aromatic heterocycles. The van der Waals surface area contributed by atoms with Crippen molar-refractivity contribution < 1.29 is 4.74 Å². The van der Waals surface area contributed by atoms with Crippen LogP contribution in [0.2, 0.25) is 0 Å². The fourth-order valence-electron chi connectivity index (χ4n) is 2.41. The first-order chi connectivity index (χ1) is 11.1. The number of hydrogen-bond donors (Lipinski definition) is 1. The molecule has 0 saturated heterocycles. The maximum absolute atomic E-state index is 12.4. The lowest BCUT2D eigenvalue weighted by Gasteiger charge is -2.04. The summed E-state index contributed by atoms with van der Waals surface area (Å²) in [4.78, 5) is 27.7. The Kier molecular flexibility index (Phi) is 3.76. The van der Waals surface area contributed by atoms with Gasteiger partial charge in [-0.2, -0.15) is 5.26 Å². The zero-order valence-corrected chi connectivity index (χ0v) is 13.4. The second-order valence-corrected chi connectivity index (χ2v) is 5.91. The van der Waals surface area contributed by atoms with E-state index in [1.807, 2.05) is 0 Å². The Labute approximate surface area is 135 Å². The van der Waals surface area contributed by atoms with Crippen LogP contribution < -0.4 is 16.0 Å². The van der Waals surface area contributed by atoms with E-state index in [4.69, 9.17) is 4.74 Å². The molecular weight excluding hydrogens is 314 g/mol. The van der Waals surface area contributed by atoms with Gasteiger partial charge in [-0.05, 0) is 31.2 Å². The summed E-state index contributed by atoms with van der Waals surface area (Å²) < 4.78 is 6.82. The molecule has 0 aliphatic heterocycles. The van der Waals surface area contributed by atoms with Crippen LogP contribution in [-0.4, -0.2) is 16.7 Å². The van der Waals surface area contributed by atoms with Crippen LogP contribution in [0.25, 0.3) is 20.7 Å². The van der Waals surface area contributed by atoms with Crippen LogP contribution >= 0.6 is 11.3 Å². The van der Waals surface area contributed by atoms with Gasteiger partial charge in [-0.25, -0.2) is 4.79 Å². The van der Waals surface area contributed by atoms with Gasteiger partial charge in [0.15, 0.2) is 0 Å².